The largest absolute Gasteiger partial charge is 0.377 e. The van der Waals surface area contributed by atoms with Crippen molar-refractivity contribution in [3.8, 4) is 0 Å². The lowest BCUT2D eigenvalue weighted by molar-refractivity contribution is -0.197. The quantitative estimate of drug-likeness (QED) is 0.664. The van der Waals surface area contributed by atoms with Crippen LogP contribution >= 0.6 is 0 Å². The summed E-state index contributed by atoms with van der Waals surface area (Å²) in [4.78, 5) is 2.92. The van der Waals surface area contributed by atoms with Crippen LogP contribution in [0.3, 0.4) is 0 Å². The molecule has 3 fully saturated rings. The van der Waals surface area contributed by atoms with Crippen molar-refractivity contribution in [1.82, 2.24) is 4.90 Å². The van der Waals surface area contributed by atoms with E-state index in [2.05, 4.69) is 47.4 Å². The first-order valence-electron chi connectivity index (χ1n) is 11.1. The molecule has 2 nitrogen and oxygen atoms in total. The van der Waals surface area contributed by atoms with E-state index in [1.54, 1.807) is 0 Å². The van der Waals surface area contributed by atoms with Crippen LogP contribution in [0.1, 0.15) is 92.4 Å². The minimum atomic E-state index is 0.377. The highest BCUT2D eigenvalue weighted by Crippen LogP contribution is 2.52. The Hall–Kier alpha value is -0.0151. The van der Waals surface area contributed by atoms with Gasteiger partial charge in [0.2, 0.25) is 0 Å². The van der Waals surface area contributed by atoms with Gasteiger partial charge in [-0.25, -0.2) is 0 Å². The summed E-state index contributed by atoms with van der Waals surface area (Å²) in [5.41, 5.74) is 0.843. The van der Waals surface area contributed by atoms with Gasteiger partial charge in [-0.1, -0.05) is 51.8 Å². The first kappa shape index (κ1) is 19.7. The van der Waals surface area contributed by atoms with Crippen LogP contribution in [0.5, 0.6) is 0 Å². The van der Waals surface area contributed by atoms with E-state index in [1.807, 2.05) is 0 Å². The van der Waals surface area contributed by atoms with Gasteiger partial charge in [-0.15, -0.1) is 0 Å². The molecule has 1 spiro atoms. The molecule has 2 saturated heterocycles. The summed E-state index contributed by atoms with van der Waals surface area (Å²) in [6.45, 7) is 14.3. The molecule has 3 atom stereocenters. The van der Waals surface area contributed by atoms with Gasteiger partial charge in [0.25, 0.3) is 0 Å². The Labute approximate surface area is 157 Å². The molecule has 3 aliphatic rings. The maximum absolute atomic E-state index is 5.72. The Bertz CT molecular complexity index is 459. The molecular weight excluding hydrogens is 305 g/mol. The zero-order valence-electron chi connectivity index (χ0n) is 17.9. The average molecular weight is 347 g/mol. The van der Waals surface area contributed by atoms with E-state index in [4.69, 9.17) is 4.74 Å². The van der Waals surface area contributed by atoms with Crippen molar-refractivity contribution >= 4 is 7.85 Å². The second-order valence-corrected chi connectivity index (χ2v) is 11.0. The van der Waals surface area contributed by atoms with E-state index in [0.717, 1.165) is 25.2 Å². The zero-order chi connectivity index (χ0) is 18.3. The van der Waals surface area contributed by atoms with Crippen molar-refractivity contribution in [2.24, 2.45) is 11.3 Å². The molecule has 3 heteroatoms. The Kier molecular flexibility index (Phi) is 5.68. The molecule has 1 saturated carbocycles. The van der Waals surface area contributed by atoms with Crippen molar-refractivity contribution < 1.29 is 4.74 Å². The molecule has 0 radical (unpaired) electrons. The van der Waals surface area contributed by atoms with Gasteiger partial charge < -0.3 is 4.74 Å². The fourth-order valence-corrected chi connectivity index (χ4v) is 6.76. The lowest BCUT2D eigenvalue weighted by atomic mass is 9.55. The highest BCUT2D eigenvalue weighted by atomic mass is 16.5. The Balaban J connectivity index is 1.83. The molecule has 144 valence electrons. The number of rotatable bonds is 2. The maximum atomic E-state index is 5.72. The summed E-state index contributed by atoms with van der Waals surface area (Å²) in [5.74, 6) is 0.878. The van der Waals surface area contributed by atoms with Gasteiger partial charge in [0.1, 0.15) is 7.85 Å². The molecule has 0 aromatic heterocycles. The van der Waals surface area contributed by atoms with Crippen LogP contribution < -0.4 is 0 Å². The van der Waals surface area contributed by atoms with Crippen molar-refractivity contribution in [3.63, 3.8) is 0 Å². The van der Waals surface area contributed by atoms with Crippen LogP contribution in [0, 0.1) is 11.3 Å². The van der Waals surface area contributed by atoms with Gasteiger partial charge in [0.05, 0.1) is 18.8 Å². The first-order chi connectivity index (χ1) is 11.7. The highest BCUT2D eigenvalue weighted by Gasteiger charge is 2.53. The maximum Gasteiger partial charge on any atom is 0.109 e. The minimum Gasteiger partial charge on any atom is -0.377 e. The van der Waals surface area contributed by atoms with Gasteiger partial charge in [-0.05, 0) is 57.3 Å². The fourth-order valence-electron chi connectivity index (χ4n) is 6.76. The van der Waals surface area contributed by atoms with Crippen LogP contribution in [-0.4, -0.2) is 43.6 Å². The number of fused-ring (bicyclic) bond motifs is 1. The SMILES string of the molecule is BC1(CC)CCCCC2C(CCC3(COC3)N2C(C)C)CC(C)(C)C1. The van der Waals surface area contributed by atoms with Gasteiger partial charge in [-0.2, -0.15) is 0 Å². The highest BCUT2D eigenvalue weighted by molar-refractivity contribution is 6.15. The molecule has 0 N–H and O–H groups in total. The molecule has 0 bridgehead atoms. The summed E-state index contributed by atoms with van der Waals surface area (Å²) in [6.07, 6.45) is 12.6. The van der Waals surface area contributed by atoms with Gasteiger partial charge in [-0.3, -0.25) is 4.90 Å². The predicted octanol–water partition coefficient (Wildman–Crippen LogP) is 4.83. The molecule has 0 aromatic carbocycles. The number of likely N-dealkylation sites (tertiary alicyclic amines) is 1. The number of ether oxygens (including phenoxy) is 1. The van der Waals surface area contributed by atoms with Crippen LogP contribution in [0.4, 0.5) is 0 Å². The Morgan fingerprint density at radius 2 is 1.84 bits per heavy atom. The molecule has 25 heavy (non-hydrogen) atoms. The van der Waals surface area contributed by atoms with E-state index in [1.165, 1.54) is 57.8 Å². The van der Waals surface area contributed by atoms with E-state index in [-0.39, 0.29) is 0 Å². The summed E-state index contributed by atoms with van der Waals surface area (Å²) < 4.78 is 5.72. The van der Waals surface area contributed by atoms with Crippen molar-refractivity contribution in [2.75, 3.05) is 13.2 Å². The monoisotopic (exact) mass is 347 g/mol. The molecule has 3 rings (SSSR count). The molecule has 3 unspecified atom stereocenters. The van der Waals surface area contributed by atoms with E-state index in [0.29, 0.717) is 22.3 Å². The van der Waals surface area contributed by atoms with Crippen molar-refractivity contribution in [2.45, 2.75) is 115 Å². The van der Waals surface area contributed by atoms with Gasteiger partial charge in [0.15, 0.2) is 0 Å². The summed E-state index contributed by atoms with van der Waals surface area (Å²) in [5, 5.41) is 0.547. The van der Waals surface area contributed by atoms with Crippen LogP contribution in [0.2, 0.25) is 5.31 Å². The zero-order valence-corrected chi connectivity index (χ0v) is 17.9. The number of hydrogen-bond donors (Lipinski definition) is 0. The normalized spacial score (nSPS) is 39.0. The molecule has 2 aliphatic heterocycles. The third-order valence-electron chi connectivity index (χ3n) is 7.83. The summed E-state index contributed by atoms with van der Waals surface area (Å²) in [6, 6.07) is 1.42. The first-order valence-corrected chi connectivity index (χ1v) is 11.1. The third-order valence-corrected chi connectivity index (χ3v) is 7.83. The summed E-state index contributed by atoms with van der Waals surface area (Å²) >= 11 is 0. The minimum absolute atomic E-state index is 0.377. The second kappa shape index (κ2) is 7.19. The topological polar surface area (TPSA) is 12.5 Å². The van der Waals surface area contributed by atoms with E-state index < -0.39 is 0 Å². The molecule has 1 aliphatic carbocycles. The Morgan fingerprint density at radius 3 is 2.40 bits per heavy atom. The summed E-state index contributed by atoms with van der Waals surface area (Å²) in [7, 11) is 2.55. The van der Waals surface area contributed by atoms with Gasteiger partial charge >= 0.3 is 0 Å². The molecule has 2 heterocycles. The van der Waals surface area contributed by atoms with Crippen LogP contribution in [-0.2, 0) is 4.74 Å². The van der Waals surface area contributed by atoms with Crippen molar-refractivity contribution in [3.05, 3.63) is 0 Å². The van der Waals surface area contributed by atoms with E-state index >= 15 is 0 Å². The van der Waals surface area contributed by atoms with Crippen molar-refractivity contribution in [1.29, 1.82) is 0 Å². The number of piperidine rings is 1. The average Bonchev–Trinajstić information content (AvgIpc) is 2.49. The molecular formula is C22H42BNO. The van der Waals surface area contributed by atoms with E-state index in [9.17, 15) is 0 Å². The second-order valence-electron chi connectivity index (χ2n) is 11.0. The van der Waals surface area contributed by atoms with Gasteiger partial charge in [0, 0.05) is 12.1 Å². The smallest absolute Gasteiger partial charge is 0.109 e. The lowest BCUT2D eigenvalue weighted by Gasteiger charge is -2.60. The van der Waals surface area contributed by atoms with Crippen LogP contribution in [0.15, 0.2) is 0 Å². The standard InChI is InChI=1S/C22H42BNO/c1-6-21(23)11-8-7-9-19-18(13-20(4,5)14-21)10-12-22(15-25-16-22)24(19)17(2)3/h17-19H,6-16,23H2,1-5H3. The predicted molar refractivity (Wildman–Crippen MR) is 110 cm³/mol. The molecule has 0 amide bonds. The number of nitrogens with zero attached hydrogens (tertiary/aromatic N) is 1. The fraction of sp³-hybridized carbons (Fsp3) is 1.00. The lowest BCUT2D eigenvalue weighted by Crippen LogP contribution is -2.70. The van der Waals surface area contributed by atoms with Crippen LogP contribution in [0.25, 0.3) is 0 Å². The Morgan fingerprint density at radius 1 is 1.12 bits per heavy atom. The number of hydrogen-bond acceptors (Lipinski definition) is 2. The third kappa shape index (κ3) is 3.98. The molecule has 0 aromatic rings.